The van der Waals surface area contributed by atoms with E-state index in [9.17, 15) is 4.79 Å². The molecule has 2 aromatic rings. The molecule has 0 spiro atoms. The van der Waals surface area contributed by atoms with Crippen LogP contribution in [0.3, 0.4) is 0 Å². The summed E-state index contributed by atoms with van der Waals surface area (Å²) in [5.74, 6) is -0.405. The van der Waals surface area contributed by atoms with Crippen molar-refractivity contribution in [3.05, 3.63) is 24.3 Å². The average Bonchev–Trinajstić information content (AvgIpc) is 2.59. The number of aromatic amines is 1. The Labute approximate surface area is 73.8 Å². The van der Waals surface area contributed by atoms with Gasteiger partial charge in [0.15, 0.2) is 0 Å². The van der Waals surface area contributed by atoms with Gasteiger partial charge < -0.3 is 9.72 Å². The summed E-state index contributed by atoms with van der Waals surface area (Å²) in [6.45, 7) is 0. The number of rotatable bonds is 1. The zero-order valence-electron chi connectivity index (χ0n) is 6.94. The molecule has 2 heterocycles. The van der Waals surface area contributed by atoms with E-state index in [1.807, 2.05) is 0 Å². The van der Waals surface area contributed by atoms with Crippen LogP contribution in [0.4, 0.5) is 0 Å². The van der Waals surface area contributed by atoms with Gasteiger partial charge in [-0.25, -0.2) is 14.8 Å². The van der Waals surface area contributed by atoms with Gasteiger partial charge in [-0.3, -0.25) is 0 Å². The molecule has 5 nitrogen and oxygen atoms in total. The number of carbonyl (C=O) groups excluding carboxylic acids is 1. The summed E-state index contributed by atoms with van der Waals surface area (Å²) in [6, 6.07) is 1.65. The number of nitrogens with zero attached hydrogens (tertiary/aromatic N) is 2. The van der Waals surface area contributed by atoms with E-state index >= 15 is 0 Å². The highest BCUT2D eigenvalue weighted by molar-refractivity contribution is 5.93. The maximum Gasteiger partial charge on any atom is 0.354 e. The summed E-state index contributed by atoms with van der Waals surface area (Å²) in [4.78, 5) is 21.7. The first kappa shape index (κ1) is 7.72. The first-order valence-electron chi connectivity index (χ1n) is 3.68. The predicted molar refractivity (Wildman–Crippen MR) is 45.2 cm³/mol. The standard InChI is InChI=1S/C8H7N3O2/c1-13-8(12)6-2-5-3-9-4-10-7(5)11-6/h2-4H,1H3,(H,9,10,11). The lowest BCUT2D eigenvalue weighted by atomic mass is 10.4. The van der Waals surface area contributed by atoms with Gasteiger partial charge >= 0.3 is 5.97 Å². The van der Waals surface area contributed by atoms with Crippen LogP contribution in [0.1, 0.15) is 10.5 Å². The van der Waals surface area contributed by atoms with Crippen LogP contribution in [0.25, 0.3) is 11.0 Å². The quantitative estimate of drug-likeness (QED) is 0.652. The molecule has 66 valence electrons. The van der Waals surface area contributed by atoms with Gasteiger partial charge in [-0.05, 0) is 6.07 Å². The molecular formula is C8H7N3O2. The lowest BCUT2D eigenvalue weighted by Crippen LogP contribution is -2.00. The third kappa shape index (κ3) is 1.24. The third-order valence-electron chi connectivity index (χ3n) is 1.70. The highest BCUT2D eigenvalue weighted by Crippen LogP contribution is 2.11. The van der Waals surface area contributed by atoms with Gasteiger partial charge in [-0.15, -0.1) is 0 Å². The Balaban J connectivity index is 2.56. The number of fused-ring (bicyclic) bond motifs is 1. The molecule has 0 saturated heterocycles. The monoisotopic (exact) mass is 177 g/mol. The van der Waals surface area contributed by atoms with Crippen molar-refractivity contribution in [2.75, 3.05) is 7.11 Å². The zero-order chi connectivity index (χ0) is 9.26. The van der Waals surface area contributed by atoms with Crippen LogP contribution in [-0.4, -0.2) is 28.0 Å². The van der Waals surface area contributed by atoms with Crippen LogP contribution < -0.4 is 0 Å². The minimum absolute atomic E-state index is 0.387. The molecule has 2 aromatic heterocycles. The van der Waals surface area contributed by atoms with Crippen LogP contribution in [0.5, 0.6) is 0 Å². The van der Waals surface area contributed by atoms with Crippen molar-refractivity contribution in [2.45, 2.75) is 0 Å². The van der Waals surface area contributed by atoms with E-state index in [-0.39, 0.29) is 0 Å². The Bertz CT molecular complexity index is 416. The highest BCUT2D eigenvalue weighted by atomic mass is 16.5. The van der Waals surface area contributed by atoms with Crippen LogP contribution in [0, 0.1) is 0 Å². The smallest absolute Gasteiger partial charge is 0.354 e. The lowest BCUT2D eigenvalue weighted by molar-refractivity contribution is 0.0595. The van der Waals surface area contributed by atoms with Gasteiger partial charge in [0.05, 0.1) is 7.11 Å². The second-order valence-electron chi connectivity index (χ2n) is 2.50. The Morgan fingerprint density at radius 1 is 1.62 bits per heavy atom. The molecule has 0 aliphatic rings. The van der Waals surface area contributed by atoms with Crippen LogP contribution in [-0.2, 0) is 4.74 Å². The fourth-order valence-corrected chi connectivity index (χ4v) is 1.09. The van der Waals surface area contributed by atoms with Crippen LogP contribution in [0.15, 0.2) is 18.6 Å². The summed E-state index contributed by atoms with van der Waals surface area (Å²) in [5, 5.41) is 0.794. The van der Waals surface area contributed by atoms with Gasteiger partial charge in [0, 0.05) is 11.6 Å². The molecule has 5 heteroatoms. The molecule has 0 amide bonds. The molecule has 0 atom stereocenters. The maximum atomic E-state index is 11.1. The molecular weight excluding hydrogens is 170 g/mol. The van der Waals surface area contributed by atoms with Crippen molar-refractivity contribution in [3.63, 3.8) is 0 Å². The fourth-order valence-electron chi connectivity index (χ4n) is 1.09. The second-order valence-corrected chi connectivity index (χ2v) is 2.50. The van der Waals surface area contributed by atoms with Gasteiger partial charge in [0.25, 0.3) is 0 Å². The molecule has 0 unspecified atom stereocenters. The predicted octanol–water partition coefficient (Wildman–Crippen LogP) is 0.744. The van der Waals surface area contributed by atoms with Crippen molar-refractivity contribution in [1.82, 2.24) is 15.0 Å². The molecule has 0 saturated carbocycles. The minimum atomic E-state index is -0.405. The van der Waals surface area contributed by atoms with E-state index in [0.717, 1.165) is 5.39 Å². The van der Waals surface area contributed by atoms with Crippen molar-refractivity contribution >= 4 is 17.0 Å². The molecule has 0 aliphatic heterocycles. The van der Waals surface area contributed by atoms with Gasteiger partial charge in [0.2, 0.25) is 0 Å². The van der Waals surface area contributed by atoms with E-state index in [1.54, 1.807) is 12.3 Å². The summed E-state index contributed by atoms with van der Waals surface area (Å²) in [7, 11) is 1.33. The summed E-state index contributed by atoms with van der Waals surface area (Å²) in [6.07, 6.45) is 3.05. The van der Waals surface area contributed by atoms with Crippen molar-refractivity contribution in [1.29, 1.82) is 0 Å². The number of ether oxygens (including phenoxy) is 1. The summed E-state index contributed by atoms with van der Waals surface area (Å²) < 4.78 is 4.55. The topological polar surface area (TPSA) is 67.9 Å². The van der Waals surface area contributed by atoms with E-state index < -0.39 is 5.97 Å². The van der Waals surface area contributed by atoms with Gasteiger partial charge in [0.1, 0.15) is 17.7 Å². The minimum Gasteiger partial charge on any atom is -0.464 e. The molecule has 1 N–H and O–H groups in total. The number of carbonyl (C=O) groups is 1. The van der Waals surface area contributed by atoms with E-state index in [4.69, 9.17) is 0 Å². The van der Waals surface area contributed by atoms with Crippen LogP contribution in [0.2, 0.25) is 0 Å². The van der Waals surface area contributed by atoms with E-state index in [1.165, 1.54) is 13.4 Å². The van der Waals surface area contributed by atoms with Crippen molar-refractivity contribution in [3.8, 4) is 0 Å². The molecule has 2 rings (SSSR count). The largest absolute Gasteiger partial charge is 0.464 e. The number of methoxy groups -OCH3 is 1. The number of esters is 1. The highest BCUT2D eigenvalue weighted by Gasteiger charge is 2.08. The Morgan fingerprint density at radius 3 is 3.15 bits per heavy atom. The molecule has 0 aromatic carbocycles. The molecule has 0 bridgehead atoms. The Morgan fingerprint density at radius 2 is 2.46 bits per heavy atom. The van der Waals surface area contributed by atoms with Gasteiger partial charge in [-0.1, -0.05) is 0 Å². The number of H-pyrrole nitrogens is 1. The maximum absolute atomic E-state index is 11.1. The number of aromatic nitrogens is 3. The number of hydrogen-bond donors (Lipinski definition) is 1. The third-order valence-corrected chi connectivity index (χ3v) is 1.70. The Hall–Kier alpha value is -1.91. The molecule has 0 aliphatic carbocycles. The average molecular weight is 177 g/mol. The van der Waals surface area contributed by atoms with Crippen molar-refractivity contribution < 1.29 is 9.53 Å². The molecule has 0 radical (unpaired) electrons. The second kappa shape index (κ2) is 2.85. The summed E-state index contributed by atoms with van der Waals surface area (Å²) >= 11 is 0. The molecule has 0 fully saturated rings. The van der Waals surface area contributed by atoms with Crippen LogP contribution >= 0.6 is 0 Å². The SMILES string of the molecule is COC(=O)c1cc2cncnc2[nH]1. The van der Waals surface area contributed by atoms with E-state index in [0.29, 0.717) is 11.3 Å². The van der Waals surface area contributed by atoms with Crippen molar-refractivity contribution in [2.24, 2.45) is 0 Å². The number of hydrogen-bond acceptors (Lipinski definition) is 4. The summed E-state index contributed by atoms with van der Waals surface area (Å²) in [5.41, 5.74) is 1.02. The number of nitrogens with one attached hydrogen (secondary N) is 1. The Kier molecular flexibility index (Phi) is 1.70. The molecule has 13 heavy (non-hydrogen) atoms. The first-order chi connectivity index (χ1) is 6.31. The van der Waals surface area contributed by atoms with Gasteiger partial charge in [-0.2, -0.15) is 0 Å². The normalized spacial score (nSPS) is 10.2. The first-order valence-corrected chi connectivity index (χ1v) is 3.68. The lowest BCUT2D eigenvalue weighted by Gasteiger charge is -1.91. The van der Waals surface area contributed by atoms with E-state index in [2.05, 4.69) is 19.7 Å². The zero-order valence-corrected chi connectivity index (χ0v) is 6.94. The fraction of sp³-hybridized carbons (Fsp3) is 0.125.